The van der Waals surface area contributed by atoms with E-state index in [4.69, 9.17) is 4.99 Å². The fourth-order valence-electron chi connectivity index (χ4n) is 3.57. The Morgan fingerprint density at radius 3 is 2.77 bits per heavy atom. The van der Waals surface area contributed by atoms with Gasteiger partial charge in [-0.05, 0) is 51.0 Å². The summed E-state index contributed by atoms with van der Waals surface area (Å²) in [6.07, 6.45) is 11.6. The molecule has 1 unspecified atom stereocenters. The van der Waals surface area contributed by atoms with Gasteiger partial charge in [-0.1, -0.05) is 12.8 Å². The van der Waals surface area contributed by atoms with Crippen LogP contribution in [0.1, 0.15) is 51.9 Å². The summed E-state index contributed by atoms with van der Waals surface area (Å²) >= 11 is 1.92. The lowest BCUT2D eigenvalue weighted by Crippen LogP contribution is -2.45. The van der Waals surface area contributed by atoms with Gasteiger partial charge in [-0.25, -0.2) is 0 Å². The lowest BCUT2D eigenvalue weighted by atomic mass is 10.2. The first-order valence-corrected chi connectivity index (χ1v) is 10.5. The maximum Gasteiger partial charge on any atom is 0.191 e. The predicted molar refractivity (Wildman–Crippen MR) is 99.0 cm³/mol. The zero-order chi connectivity index (χ0) is 15.6. The average molecular weight is 327 g/mol. The number of unbranched alkanes of at least 4 members (excludes halogenated alkanes) is 1. The van der Waals surface area contributed by atoms with Gasteiger partial charge in [0, 0.05) is 38.3 Å². The minimum atomic E-state index is 0.574. The van der Waals surface area contributed by atoms with Crippen molar-refractivity contribution in [1.29, 1.82) is 0 Å². The Morgan fingerprint density at radius 1 is 1.23 bits per heavy atom. The lowest BCUT2D eigenvalue weighted by molar-refractivity contribution is 0.242. The minimum absolute atomic E-state index is 0.574. The van der Waals surface area contributed by atoms with E-state index in [0.717, 1.165) is 25.1 Å². The molecule has 128 valence electrons. The Labute approximate surface area is 140 Å². The van der Waals surface area contributed by atoms with Crippen molar-refractivity contribution in [1.82, 2.24) is 15.5 Å². The number of aliphatic imine (C=N–C) groups is 1. The number of thioether (sulfide) groups is 1. The van der Waals surface area contributed by atoms with E-state index in [9.17, 15) is 0 Å². The number of likely N-dealkylation sites (tertiary alicyclic amines) is 1. The van der Waals surface area contributed by atoms with Crippen LogP contribution >= 0.6 is 11.8 Å². The van der Waals surface area contributed by atoms with Crippen LogP contribution in [0.15, 0.2) is 4.99 Å². The quantitative estimate of drug-likeness (QED) is 0.409. The van der Waals surface area contributed by atoms with Gasteiger partial charge in [0.1, 0.15) is 0 Å². The average Bonchev–Trinajstić information content (AvgIpc) is 3.18. The molecule has 1 saturated carbocycles. The second-order valence-electron chi connectivity index (χ2n) is 6.52. The largest absolute Gasteiger partial charge is 0.357 e. The Morgan fingerprint density at radius 2 is 2.05 bits per heavy atom. The molecule has 2 rings (SSSR count). The molecular weight excluding hydrogens is 292 g/mol. The van der Waals surface area contributed by atoms with E-state index in [2.05, 4.69) is 28.7 Å². The summed E-state index contributed by atoms with van der Waals surface area (Å²) in [7, 11) is 0. The zero-order valence-corrected chi connectivity index (χ0v) is 15.3. The lowest BCUT2D eigenvalue weighted by Gasteiger charge is -2.24. The topological polar surface area (TPSA) is 39.7 Å². The zero-order valence-electron chi connectivity index (χ0n) is 14.4. The third kappa shape index (κ3) is 5.99. The van der Waals surface area contributed by atoms with Gasteiger partial charge < -0.3 is 10.6 Å². The molecule has 1 aliphatic heterocycles. The molecule has 22 heavy (non-hydrogen) atoms. The smallest absolute Gasteiger partial charge is 0.191 e. The summed E-state index contributed by atoms with van der Waals surface area (Å²) in [6.45, 7) is 6.48. The third-order valence-corrected chi connectivity index (χ3v) is 5.47. The van der Waals surface area contributed by atoms with Gasteiger partial charge in [0.05, 0.1) is 0 Å². The third-order valence-electron chi connectivity index (χ3n) is 4.77. The molecule has 1 saturated heterocycles. The summed E-state index contributed by atoms with van der Waals surface area (Å²) in [5, 5.41) is 7.05. The number of rotatable bonds is 8. The van der Waals surface area contributed by atoms with Crippen LogP contribution < -0.4 is 10.6 Å². The van der Waals surface area contributed by atoms with Crippen molar-refractivity contribution in [3.8, 4) is 0 Å². The Bertz CT molecular complexity index is 329. The van der Waals surface area contributed by atoms with Crippen LogP contribution in [-0.4, -0.2) is 61.1 Å². The molecule has 4 nitrogen and oxygen atoms in total. The van der Waals surface area contributed by atoms with E-state index >= 15 is 0 Å². The Hall–Kier alpha value is -0.420. The Kier molecular flexibility index (Phi) is 8.45. The van der Waals surface area contributed by atoms with Gasteiger partial charge >= 0.3 is 0 Å². The van der Waals surface area contributed by atoms with Crippen LogP contribution in [0.4, 0.5) is 0 Å². The molecule has 0 radical (unpaired) electrons. The molecule has 1 aliphatic carbocycles. The van der Waals surface area contributed by atoms with Crippen molar-refractivity contribution in [3.05, 3.63) is 0 Å². The van der Waals surface area contributed by atoms with E-state index in [1.165, 1.54) is 63.8 Å². The van der Waals surface area contributed by atoms with Crippen LogP contribution in [0.2, 0.25) is 0 Å². The van der Waals surface area contributed by atoms with E-state index in [-0.39, 0.29) is 0 Å². The first-order chi connectivity index (χ1) is 10.8. The van der Waals surface area contributed by atoms with Gasteiger partial charge in [0.2, 0.25) is 0 Å². The Balaban J connectivity index is 1.72. The fourth-order valence-corrected chi connectivity index (χ4v) is 4.06. The van der Waals surface area contributed by atoms with Gasteiger partial charge in [-0.3, -0.25) is 9.89 Å². The van der Waals surface area contributed by atoms with E-state index < -0.39 is 0 Å². The molecule has 5 heteroatoms. The van der Waals surface area contributed by atoms with Crippen molar-refractivity contribution in [2.24, 2.45) is 4.99 Å². The van der Waals surface area contributed by atoms with Crippen LogP contribution in [0.3, 0.4) is 0 Å². The van der Waals surface area contributed by atoms with E-state index in [1.807, 2.05) is 11.8 Å². The van der Waals surface area contributed by atoms with Crippen molar-refractivity contribution >= 4 is 17.7 Å². The van der Waals surface area contributed by atoms with Gasteiger partial charge in [0.15, 0.2) is 5.96 Å². The second-order valence-corrected chi connectivity index (χ2v) is 7.51. The molecule has 2 fully saturated rings. The number of hydrogen-bond acceptors (Lipinski definition) is 3. The number of guanidine groups is 1. The fraction of sp³-hybridized carbons (Fsp3) is 0.941. The summed E-state index contributed by atoms with van der Waals surface area (Å²) in [4.78, 5) is 7.44. The summed E-state index contributed by atoms with van der Waals surface area (Å²) in [5.41, 5.74) is 0. The van der Waals surface area contributed by atoms with Crippen LogP contribution in [0.25, 0.3) is 0 Å². The molecule has 0 bridgehead atoms. The van der Waals surface area contributed by atoms with Gasteiger partial charge in [-0.2, -0.15) is 11.8 Å². The molecule has 0 amide bonds. The molecule has 2 N–H and O–H groups in total. The molecule has 2 aliphatic rings. The van der Waals surface area contributed by atoms with E-state index in [1.54, 1.807) is 0 Å². The maximum absolute atomic E-state index is 4.74. The number of nitrogens with one attached hydrogen (secondary N) is 2. The van der Waals surface area contributed by atoms with E-state index in [0.29, 0.717) is 6.04 Å². The highest BCUT2D eigenvalue weighted by Gasteiger charge is 2.30. The maximum atomic E-state index is 4.74. The van der Waals surface area contributed by atoms with Crippen molar-refractivity contribution in [3.63, 3.8) is 0 Å². The highest BCUT2D eigenvalue weighted by Crippen LogP contribution is 2.26. The standard InChI is InChI=1S/C17H34N4S/c1-3-18-17(19-11-6-7-13-22-2)20-15-10-12-21(14-15)16-8-4-5-9-16/h15-16H,3-14H2,1-2H3,(H2,18,19,20). The van der Waals surface area contributed by atoms with Gasteiger partial charge in [0.25, 0.3) is 0 Å². The SMILES string of the molecule is CCNC(=NCCCCSC)NC1CCN(C2CCCC2)C1. The first kappa shape index (κ1) is 17.9. The predicted octanol–water partition coefficient (Wildman–Crippen LogP) is 2.70. The minimum Gasteiger partial charge on any atom is -0.357 e. The van der Waals surface area contributed by atoms with Crippen molar-refractivity contribution in [2.45, 2.75) is 64.0 Å². The molecular formula is C17H34N4S. The number of nitrogens with zero attached hydrogens (tertiary/aromatic N) is 2. The van der Waals surface area contributed by atoms with Crippen molar-refractivity contribution < 1.29 is 0 Å². The molecule has 1 atom stereocenters. The monoisotopic (exact) mass is 326 g/mol. The van der Waals surface area contributed by atoms with Crippen LogP contribution in [0.5, 0.6) is 0 Å². The molecule has 0 aromatic carbocycles. The van der Waals surface area contributed by atoms with Gasteiger partial charge in [-0.15, -0.1) is 0 Å². The normalized spacial score (nSPS) is 24.1. The number of hydrogen-bond donors (Lipinski definition) is 2. The second kappa shape index (κ2) is 10.4. The first-order valence-electron chi connectivity index (χ1n) is 9.11. The highest BCUT2D eigenvalue weighted by molar-refractivity contribution is 7.98. The highest BCUT2D eigenvalue weighted by atomic mass is 32.2. The summed E-state index contributed by atoms with van der Waals surface area (Å²) in [5.74, 6) is 2.27. The van der Waals surface area contributed by atoms with Crippen LogP contribution in [0, 0.1) is 0 Å². The summed E-state index contributed by atoms with van der Waals surface area (Å²) in [6, 6.07) is 1.43. The summed E-state index contributed by atoms with van der Waals surface area (Å²) < 4.78 is 0. The van der Waals surface area contributed by atoms with Crippen LogP contribution in [-0.2, 0) is 0 Å². The molecule has 0 aromatic rings. The molecule has 1 heterocycles. The molecule has 0 spiro atoms. The molecule has 0 aromatic heterocycles. The van der Waals surface area contributed by atoms with Crippen molar-refractivity contribution in [2.75, 3.05) is 38.2 Å².